The number of phenols is 1. The van der Waals surface area contributed by atoms with Crippen molar-refractivity contribution >= 4 is 18.0 Å². The topological polar surface area (TPSA) is 139 Å². The van der Waals surface area contributed by atoms with Gasteiger partial charge in [0.25, 0.3) is 0 Å². The molecule has 6 atom stereocenters. The molecule has 0 unspecified atom stereocenters. The van der Waals surface area contributed by atoms with Crippen molar-refractivity contribution in [3.8, 4) is 11.5 Å². The third kappa shape index (κ3) is 5.14. The predicted octanol–water partition coefficient (Wildman–Crippen LogP) is 1.53. The molecule has 35 heavy (non-hydrogen) atoms. The maximum absolute atomic E-state index is 12.7. The van der Waals surface area contributed by atoms with E-state index in [2.05, 4.69) is 0 Å². The van der Waals surface area contributed by atoms with Crippen molar-refractivity contribution in [2.24, 2.45) is 0 Å². The van der Waals surface area contributed by atoms with Crippen molar-refractivity contribution in [2.75, 3.05) is 28.4 Å². The molecule has 1 heterocycles. The van der Waals surface area contributed by atoms with Gasteiger partial charge in [-0.1, -0.05) is 6.07 Å². The first-order chi connectivity index (χ1) is 16.4. The SMILES string of the molecule is COC(=O)[C@]1(O)C[C@H](OC(=O)/C=C/c2ccc(O)c(OC)c2)[C@H]2O[C@](C)(OC)[C@@](C)(OC)O[C@@H]2C1. The molecule has 0 spiro atoms. The summed E-state index contributed by atoms with van der Waals surface area (Å²) < 4.78 is 38.8. The quantitative estimate of drug-likeness (QED) is 0.420. The second-order valence-electron chi connectivity index (χ2n) is 8.71. The number of methoxy groups -OCH3 is 4. The van der Waals surface area contributed by atoms with Gasteiger partial charge >= 0.3 is 11.9 Å². The summed E-state index contributed by atoms with van der Waals surface area (Å²) in [7, 11) is 5.40. The average molecular weight is 497 g/mol. The summed E-state index contributed by atoms with van der Waals surface area (Å²) in [4.78, 5) is 25.1. The second kappa shape index (κ2) is 10.1. The summed E-state index contributed by atoms with van der Waals surface area (Å²) in [6.07, 6.45) is -0.647. The summed E-state index contributed by atoms with van der Waals surface area (Å²) in [6.45, 7) is 3.22. The Labute approximate surface area is 203 Å². The van der Waals surface area contributed by atoms with Gasteiger partial charge in [0.1, 0.15) is 12.2 Å². The third-order valence-corrected chi connectivity index (χ3v) is 6.60. The summed E-state index contributed by atoms with van der Waals surface area (Å²) in [5.41, 5.74) is -1.41. The lowest BCUT2D eigenvalue weighted by atomic mass is 9.78. The first kappa shape index (κ1) is 26.9. The fourth-order valence-electron chi connectivity index (χ4n) is 4.33. The minimum atomic E-state index is -1.98. The fraction of sp³-hybridized carbons (Fsp3) is 0.583. The molecule has 1 aromatic rings. The molecule has 2 aliphatic rings. The zero-order valence-electron chi connectivity index (χ0n) is 20.6. The molecule has 0 radical (unpaired) electrons. The summed E-state index contributed by atoms with van der Waals surface area (Å²) >= 11 is 0. The van der Waals surface area contributed by atoms with Crippen LogP contribution in [0.4, 0.5) is 0 Å². The zero-order chi connectivity index (χ0) is 26.0. The fourth-order valence-corrected chi connectivity index (χ4v) is 4.33. The van der Waals surface area contributed by atoms with Gasteiger partial charge in [0.05, 0.1) is 20.3 Å². The number of phenolic OH excluding ortho intramolecular Hbond substituents is 1. The third-order valence-electron chi connectivity index (χ3n) is 6.60. The number of carbonyl (C=O) groups excluding carboxylic acids is 2. The van der Waals surface area contributed by atoms with E-state index in [-0.39, 0.29) is 24.3 Å². The van der Waals surface area contributed by atoms with Gasteiger partial charge < -0.3 is 43.4 Å². The Morgan fingerprint density at radius 1 is 1.06 bits per heavy atom. The number of fused-ring (bicyclic) bond motifs is 1. The van der Waals surface area contributed by atoms with E-state index in [0.29, 0.717) is 5.56 Å². The Balaban J connectivity index is 1.86. The van der Waals surface area contributed by atoms with E-state index < -0.39 is 47.4 Å². The predicted molar refractivity (Wildman–Crippen MR) is 120 cm³/mol. The number of hydrogen-bond donors (Lipinski definition) is 2. The smallest absolute Gasteiger partial charge is 0.338 e. The number of hydrogen-bond acceptors (Lipinski definition) is 11. The van der Waals surface area contributed by atoms with E-state index in [9.17, 15) is 19.8 Å². The van der Waals surface area contributed by atoms with E-state index >= 15 is 0 Å². The Bertz CT molecular complexity index is 978. The molecule has 194 valence electrons. The molecule has 11 nitrogen and oxygen atoms in total. The van der Waals surface area contributed by atoms with E-state index in [1.165, 1.54) is 39.5 Å². The highest BCUT2D eigenvalue weighted by Crippen LogP contribution is 2.46. The Hall–Kier alpha value is -2.70. The van der Waals surface area contributed by atoms with E-state index in [1.54, 1.807) is 26.0 Å². The molecule has 2 fully saturated rings. The van der Waals surface area contributed by atoms with Gasteiger partial charge in [-0.25, -0.2) is 9.59 Å². The summed E-state index contributed by atoms with van der Waals surface area (Å²) in [5, 5.41) is 20.8. The largest absolute Gasteiger partial charge is 0.504 e. The molecular weight excluding hydrogens is 464 g/mol. The molecule has 1 aliphatic heterocycles. The number of rotatable bonds is 7. The van der Waals surface area contributed by atoms with Crippen molar-refractivity contribution < 1.29 is 53.0 Å². The highest BCUT2D eigenvalue weighted by molar-refractivity contribution is 5.87. The zero-order valence-corrected chi connectivity index (χ0v) is 20.6. The molecule has 11 heteroatoms. The van der Waals surface area contributed by atoms with Crippen LogP contribution in [0.3, 0.4) is 0 Å². The molecule has 0 amide bonds. The number of aliphatic hydroxyl groups is 1. The van der Waals surface area contributed by atoms with Gasteiger partial charge in [-0.2, -0.15) is 0 Å². The van der Waals surface area contributed by atoms with E-state index in [4.69, 9.17) is 33.2 Å². The Morgan fingerprint density at radius 2 is 1.71 bits per heavy atom. The first-order valence-electron chi connectivity index (χ1n) is 11.0. The number of esters is 2. The Kier molecular flexibility index (Phi) is 7.77. The number of benzene rings is 1. The lowest BCUT2D eigenvalue weighted by molar-refractivity contribution is -0.460. The monoisotopic (exact) mass is 496 g/mol. The van der Waals surface area contributed by atoms with Crippen molar-refractivity contribution in [1.29, 1.82) is 0 Å². The van der Waals surface area contributed by atoms with Gasteiger partial charge in [-0.05, 0) is 37.6 Å². The van der Waals surface area contributed by atoms with Crippen LogP contribution in [0.15, 0.2) is 24.3 Å². The standard InChI is InChI=1S/C24H32O11/c1-22(31-5)23(2,32-6)35-20-17(12-24(28,21(27)30-4)13-18(20)34-22)33-19(26)10-8-14-7-9-15(25)16(11-14)29-3/h7-11,17-18,20,25,28H,12-13H2,1-6H3/b10-8+/t17-,18+,20+,22-,23-,24-/m0/s1. The summed E-state index contributed by atoms with van der Waals surface area (Å²) in [6, 6.07) is 4.55. The maximum atomic E-state index is 12.7. The van der Waals surface area contributed by atoms with Crippen LogP contribution in [-0.4, -0.2) is 86.1 Å². The molecule has 1 saturated carbocycles. The van der Waals surface area contributed by atoms with Gasteiger partial charge in [0.15, 0.2) is 17.1 Å². The number of ether oxygens (including phenoxy) is 7. The van der Waals surface area contributed by atoms with Crippen LogP contribution >= 0.6 is 0 Å². The first-order valence-corrected chi connectivity index (χ1v) is 11.0. The average Bonchev–Trinajstić information content (AvgIpc) is 2.84. The van der Waals surface area contributed by atoms with Gasteiger partial charge in [0, 0.05) is 33.1 Å². The molecular formula is C24H32O11. The lowest BCUT2D eigenvalue weighted by Gasteiger charge is -2.56. The van der Waals surface area contributed by atoms with Crippen LogP contribution < -0.4 is 4.74 Å². The van der Waals surface area contributed by atoms with E-state index in [1.807, 2.05) is 0 Å². The molecule has 0 bridgehead atoms. The van der Waals surface area contributed by atoms with E-state index in [0.717, 1.165) is 7.11 Å². The van der Waals surface area contributed by atoms with Crippen molar-refractivity contribution in [3.63, 3.8) is 0 Å². The van der Waals surface area contributed by atoms with Gasteiger partial charge in [0.2, 0.25) is 11.6 Å². The normalized spacial score (nSPS) is 34.8. The maximum Gasteiger partial charge on any atom is 0.338 e. The number of aromatic hydroxyl groups is 1. The molecule has 3 rings (SSSR count). The van der Waals surface area contributed by atoms with Crippen LogP contribution in [0.2, 0.25) is 0 Å². The van der Waals surface area contributed by atoms with Crippen LogP contribution in [0, 0.1) is 0 Å². The summed E-state index contributed by atoms with van der Waals surface area (Å²) in [5.74, 6) is -4.20. The van der Waals surface area contributed by atoms with Crippen molar-refractivity contribution in [3.05, 3.63) is 29.8 Å². The van der Waals surface area contributed by atoms with Crippen molar-refractivity contribution in [2.45, 2.75) is 62.2 Å². The van der Waals surface area contributed by atoms with Crippen LogP contribution in [0.1, 0.15) is 32.3 Å². The van der Waals surface area contributed by atoms with Crippen molar-refractivity contribution in [1.82, 2.24) is 0 Å². The Morgan fingerprint density at radius 3 is 2.31 bits per heavy atom. The number of carbonyl (C=O) groups is 2. The van der Waals surface area contributed by atoms with Crippen LogP contribution in [-0.2, 0) is 38.0 Å². The molecule has 1 aromatic carbocycles. The lowest BCUT2D eigenvalue weighted by Crippen LogP contribution is -2.71. The van der Waals surface area contributed by atoms with Crippen LogP contribution in [0.25, 0.3) is 6.08 Å². The minimum absolute atomic E-state index is 0.0405. The molecule has 2 N–H and O–H groups in total. The molecule has 0 aromatic heterocycles. The highest BCUT2D eigenvalue weighted by atomic mass is 16.8. The second-order valence-corrected chi connectivity index (χ2v) is 8.71. The van der Waals surface area contributed by atoms with Gasteiger partial charge in [-0.15, -0.1) is 0 Å². The van der Waals surface area contributed by atoms with Crippen LogP contribution in [0.5, 0.6) is 11.5 Å². The highest BCUT2D eigenvalue weighted by Gasteiger charge is 2.63. The molecule has 1 aliphatic carbocycles. The molecule has 1 saturated heterocycles. The van der Waals surface area contributed by atoms with Gasteiger partial charge in [-0.3, -0.25) is 0 Å². The minimum Gasteiger partial charge on any atom is -0.504 e.